The SMILES string of the molecule is COC[C@]12C[C@H]1[C@@](C)(c1cc(Cc3ncnc4cc(OCc5ncco5)cnc34)cc(F)c1F)N=C(N)S2. The first-order chi connectivity index (χ1) is 18.3. The van der Waals surface area contributed by atoms with Crippen molar-refractivity contribution in [3.8, 4) is 5.75 Å². The van der Waals surface area contributed by atoms with Crippen molar-refractivity contribution in [2.24, 2.45) is 16.6 Å². The summed E-state index contributed by atoms with van der Waals surface area (Å²) >= 11 is 1.45. The number of nitrogens with two attached hydrogens (primary N) is 1. The van der Waals surface area contributed by atoms with E-state index in [0.717, 1.165) is 6.42 Å². The largest absolute Gasteiger partial charge is 0.482 e. The summed E-state index contributed by atoms with van der Waals surface area (Å²) < 4.78 is 46.2. The fraction of sp³-hybridized carbons (Fsp3) is 0.346. The lowest BCUT2D eigenvalue weighted by Gasteiger charge is -2.34. The van der Waals surface area contributed by atoms with Crippen LogP contribution in [0.1, 0.15) is 36.1 Å². The van der Waals surface area contributed by atoms with Crippen molar-refractivity contribution in [3.05, 3.63) is 77.5 Å². The summed E-state index contributed by atoms with van der Waals surface area (Å²) in [7, 11) is 1.62. The Labute approximate surface area is 220 Å². The third-order valence-electron chi connectivity index (χ3n) is 7.12. The molecule has 3 aromatic heterocycles. The maximum absolute atomic E-state index is 15.3. The number of pyridine rings is 1. The van der Waals surface area contributed by atoms with Crippen LogP contribution >= 0.6 is 11.8 Å². The van der Waals surface area contributed by atoms with Gasteiger partial charge in [-0.3, -0.25) is 4.99 Å². The molecule has 1 aliphatic carbocycles. The van der Waals surface area contributed by atoms with Gasteiger partial charge in [0, 0.05) is 31.1 Å². The average molecular weight is 539 g/mol. The molecule has 9 nitrogen and oxygen atoms in total. The molecule has 2 N–H and O–H groups in total. The van der Waals surface area contributed by atoms with E-state index in [9.17, 15) is 4.39 Å². The van der Waals surface area contributed by atoms with Gasteiger partial charge in [-0.05, 0) is 31.0 Å². The number of nitrogens with zero attached hydrogens (tertiary/aromatic N) is 5. The molecule has 1 aliphatic heterocycles. The fourth-order valence-electron chi connectivity index (χ4n) is 5.29. The van der Waals surface area contributed by atoms with Crippen LogP contribution in [0.3, 0.4) is 0 Å². The Morgan fingerprint density at radius 3 is 2.84 bits per heavy atom. The van der Waals surface area contributed by atoms with Crippen LogP contribution in [-0.4, -0.2) is 43.6 Å². The molecule has 38 heavy (non-hydrogen) atoms. The number of benzene rings is 1. The highest BCUT2D eigenvalue weighted by atomic mass is 32.2. The van der Waals surface area contributed by atoms with Crippen molar-refractivity contribution >= 4 is 28.0 Å². The Kier molecular flexibility index (Phi) is 6.03. The number of methoxy groups -OCH3 is 1. The van der Waals surface area contributed by atoms with E-state index in [1.54, 1.807) is 25.4 Å². The van der Waals surface area contributed by atoms with E-state index >= 15 is 4.39 Å². The third-order valence-corrected chi connectivity index (χ3v) is 8.39. The third kappa shape index (κ3) is 4.27. The predicted molar refractivity (Wildman–Crippen MR) is 137 cm³/mol. The number of rotatable bonds is 8. The van der Waals surface area contributed by atoms with Crippen LogP contribution in [0.2, 0.25) is 0 Å². The molecule has 3 atom stereocenters. The van der Waals surface area contributed by atoms with Crippen LogP contribution < -0.4 is 10.5 Å². The minimum atomic E-state index is -1.02. The van der Waals surface area contributed by atoms with E-state index < -0.39 is 17.2 Å². The molecule has 1 saturated carbocycles. The van der Waals surface area contributed by atoms with E-state index in [0.29, 0.717) is 45.7 Å². The number of thioether (sulfide) groups is 1. The number of aromatic nitrogens is 4. The highest BCUT2D eigenvalue weighted by Gasteiger charge is 2.66. The summed E-state index contributed by atoms with van der Waals surface area (Å²) in [5.74, 6) is -0.982. The molecule has 196 valence electrons. The highest BCUT2D eigenvalue weighted by molar-refractivity contribution is 8.15. The monoisotopic (exact) mass is 538 g/mol. The molecule has 2 aliphatic rings. The maximum Gasteiger partial charge on any atom is 0.232 e. The second kappa shape index (κ2) is 9.28. The standard InChI is InChI=1S/C26H24F2N6O3S/c1-25(20-9-26(20,12-35-2)38-24(29)34-25)16-5-14(6-17(27)22(16)28)7-18-23-19(33-13-32-18)8-15(10-31-23)37-11-21-30-3-4-36-21/h3-6,8,10,13,20H,7,9,11-12H2,1-2H3,(H2,29,34)/t20-,25+,26+/m0/s1. The minimum absolute atomic E-state index is 0.0345. The number of hydrogen-bond acceptors (Lipinski definition) is 10. The number of amidine groups is 1. The Balaban J connectivity index is 1.31. The number of ether oxygens (including phenoxy) is 2. The van der Waals surface area contributed by atoms with Gasteiger partial charge in [0.05, 0.1) is 40.5 Å². The molecule has 1 fully saturated rings. The number of aliphatic imine (C=N–C) groups is 1. The minimum Gasteiger partial charge on any atom is -0.482 e. The first-order valence-corrected chi connectivity index (χ1v) is 12.8. The van der Waals surface area contributed by atoms with Crippen molar-refractivity contribution in [3.63, 3.8) is 0 Å². The number of halogens is 2. The van der Waals surface area contributed by atoms with Crippen LogP contribution in [0.25, 0.3) is 11.0 Å². The maximum atomic E-state index is 15.3. The molecule has 6 rings (SSSR count). The fourth-order valence-corrected chi connectivity index (χ4v) is 6.74. The molecule has 0 bridgehead atoms. The van der Waals surface area contributed by atoms with Crippen molar-refractivity contribution in [2.45, 2.75) is 36.7 Å². The summed E-state index contributed by atoms with van der Waals surface area (Å²) in [5, 5.41) is 0.343. The molecular formula is C26H24F2N6O3S. The first kappa shape index (κ1) is 24.7. The Morgan fingerprint density at radius 2 is 2.05 bits per heavy atom. The van der Waals surface area contributed by atoms with Gasteiger partial charge in [-0.15, -0.1) is 0 Å². The topological polar surface area (TPSA) is 122 Å². The molecule has 0 unspecified atom stereocenters. The van der Waals surface area contributed by atoms with Gasteiger partial charge in [-0.1, -0.05) is 11.8 Å². The van der Waals surface area contributed by atoms with Gasteiger partial charge in [0.15, 0.2) is 23.4 Å². The van der Waals surface area contributed by atoms with Crippen LogP contribution in [0.15, 0.2) is 52.6 Å². The van der Waals surface area contributed by atoms with Gasteiger partial charge in [-0.2, -0.15) is 0 Å². The zero-order chi connectivity index (χ0) is 26.5. The van der Waals surface area contributed by atoms with Gasteiger partial charge in [0.2, 0.25) is 5.89 Å². The summed E-state index contributed by atoms with van der Waals surface area (Å²) in [6.45, 7) is 2.41. The van der Waals surface area contributed by atoms with Crippen LogP contribution in [-0.2, 0) is 23.3 Å². The highest BCUT2D eigenvalue weighted by Crippen LogP contribution is 2.66. The second-order valence-corrected chi connectivity index (χ2v) is 11.1. The van der Waals surface area contributed by atoms with Gasteiger partial charge < -0.3 is 19.6 Å². The van der Waals surface area contributed by atoms with E-state index in [1.807, 2.05) is 6.92 Å². The molecule has 0 spiro atoms. The molecule has 4 heterocycles. The van der Waals surface area contributed by atoms with Crippen molar-refractivity contribution in [1.29, 1.82) is 0 Å². The van der Waals surface area contributed by atoms with Crippen molar-refractivity contribution in [2.75, 3.05) is 13.7 Å². The molecule has 1 aromatic carbocycles. The van der Waals surface area contributed by atoms with Crippen LogP contribution in [0.5, 0.6) is 5.75 Å². The molecular weight excluding hydrogens is 514 g/mol. The quantitative estimate of drug-likeness (QED) is 0.353. The van der Waals surface area contributed by atoms with E-state index in [-0.39, 0.29) is 29.3 Å². The predicted octanol–water partition coefficient (Wildman–Crippen LogP) is 4.14. The normalized spacial score (nSPS) is 24.2. The van der Waals surface area contributed by atoms with Crippen LogP contribution in [0, 0.1) is 17.6 Å². The lowest BCUT2D eigenvalue weighted by Crippen LogP contribution is -2.38. The van der Waals surface area contributed by atoms with Gasteiger partial charge >= 0.3 is 0 Å². The van der Waals surface area contributed by atoms with Crippen molar-refractivity contribution in [1.82, 2.24) is 19.9 Å². The van der Waals surface area contributed by atoms with Crippen LogP contribution in [0.4, 0.5) is 8.78 Å². The zero-order valence-corrected chi connectivity index (χ0v) is 21.5. The smallest absolute Gasteiger partial charge is 0.232 e. The molecule has 4 aromatic rings. The number of hydrogen-bond donors (Lipinski definition) is 1. The Morgan fingerprint density at radius 1 is 1.18 bits per heavy atom. The van der Waals surface area contributed by atoms with Gasteiger partial charge in [0.1, 0.15) is 23.9 Å². The van der Waals surface area contributed by atoms with E-state index in [2.05, 4.69) is 24.9 Å². The molecule has 12 heteroatoms. The first-order valence-electron chi connectivity index (χ1n) is 11.9. The second-order valence-electron chi connectivity index (χ2n) is 9.64. The lowest BCUT2D eigenvalue weighted by atomic mass is 9.84. The van der Waals surface area contributed by atoms with Crippen molar-refractivity contribution < 1.29 is 22.7 Å². The number of fused-ring (bicyclic) bond motifs is 2. The lowest BCUT2D eigenvalue weighted by molar-refractivity contribution is 0.184. The van der Waals surface area contributed by atoms with Gasteiger partial charge in [0.25, 0.3) is 0 Å². The molecule has 0 radical (unpaired) electrons. The Bertz CT molecular complexity index is 1550. The molecule has 0 saturated heterocycles. The summed E-state index contributed by atoms with van der Waals surface area (Å²) in [6, 6.07) is 4.57. The van der Waals surface area contributed by atoms with E-state index in [4.69, 9.17) is 19.6 Å². The van der Waals surface area contributed by atoms with Gasteiger partial charge in [-0.25, -0.2) is 28.7 Å². The zero-order valence-electron chi connectivity index (χ0n) is 20.6. The summed E-state index contributed by atoms with van der Waals surface area (Å²) in [5.41, 5.74) is 7.50. The summed E-state index contributed by atoms with van der Waals surface area (Å²) in [6.07, 6.45) is 6.93. The molecule has 0 amide bonds. The number of oxazole rings is 1. The summed E-state index contributed by atoms with van der Waals surface area (Å²) in [4.78, 5) is 21.8. The Hall–Kier alpha value is -3.64. The average Bonchev–Trinajstić information content (AvgIpc) is 3.36. The van der Waals surface area contributed by atoms with E-state index in [1.165, 1.54) is 36.6 Å².